The van der Waals surface area contributed by atoms with Crippen molar-refractivity contribution in [2.75, 3.05) is 6.54 Å². The Morgan fingerprint density at radius 3 is 2.52 bits per heavy atom. The Labute approximate surface area is 181 Å². The summed E-state index contributed by atoms with van der Waals surface area (Å²) in [6.45, 7) is -0.353. The van der Waals surface area contributed by atoms with Crippen LogP contribution in [-0.4, -0.2) is 42.4 Å². The molecule has 0 radical (unpaired) electrons. The van der Waals surface area contributed by atoms with Crippen LogP contribution in [0.5, 0.6) is 0 Å². The first-order valence-electron chi connectivity index (χ1n) is 10.0. The van der Waals surface area contributed by atoms with Gasteiger partial charge in [0.15, 0.2) is 0 Å². The van der Waals surface area contributed by atoms with E-state index in [4.69, 9.17) is 0 Å². The van der Waals surface area contributed by atoms with E-state index in [9.17, 15) is 23.3 Å². The van der Waals surface area contributed by atoms with Crippen LogP contribution in [0.1, 0.15) is 37.7 Å². The van der Waals surface area contributed by atoms with Gasteiger partial charge in [-0.3, -0.25) is 14.9 Å². The van der Waals surface area contributed by atoms with Gasteiger partial charge in [-0.2, -0.15) is 9.41 Å². The van der Waals surface area contributed by atoms with E-state index >= 15 is 0 Å². The first-order valence-corrected chi connectivity index (χ1v) is 11.4. The molecule has 1 fully saturated rings. The molecule has 31 heavy (non-hydrogen) atoms. The normalized spacial score (nSPS) is 15.3. The fourth-order valence-corrected chi connectivity index (χ4v) is 5.24. The second-order valence-electron chi connectivity index (χ2n) is 7.30. The number of nitrogens with zero attached hydrogens (tertiary/aromatic N) is 3. The molecule has 1 aliphatic rings. The van der Waals surface area contributed by atoms with Crippen molar-refractivity contribution in [2.45, 2.75) is 43.0 Å². The first-order chi connectivity index (χ1) is 14.9. The number of rotatable bonds is 8. The van der Waals surface area contributed by atoms with Gasteiger partial charge in [-0.1, -0.05) is 49.6 Å². The molecule has 1 aliphatic carbocycles. The highest BCUT2D eigenvalue weighted by Gasteiger charge is 2.33. The van der Waals surface area contributed by atoms with Crippen LogP contribution < -0.4 is 5.43 Å². The number of hydrazone groups is 1. The third-order valence-corrected chi connectivity index (χ3v) is 7.03. The van der Waals surface area contributed by atoms with Crippen molar-refractivity contribution in [1.29, 1.82) is 0 Å². The molecule has 0 spiro atoms. The lowest BCUT2D eigenvalue weighted by molar-refractivity contribution is -0.384. The molecule has 2 aromatic rings. The lowest BCUT2D eigenvalue weighted by Crippen LogP contribution is -2.46. The van der Waals surface area contributed by atoms with E-state index in [1.54, 1.807) is 24.3 Å². The highest BCUT2D eigenvalue weighted by Crippen LogP contribution is 2.27. The molecule has 1 N–H and O–H groups in total. The zero-order valence-electron chi connectivity index (χ0n) is 16.9. The SMILES string of the molecule is O=C(CN(C1CCCCC1)S(=O)(=O)c1ccccc1)N/N=C/c1cccc([N+](=O)[O-])c1. The van der Waals surface area contributed by atoms with Crippen molar-refractivity contribution in [3.63, 3.8) is 0 Å². The molecule has 1 amide bonds. The van der Waals surface area contributed by atoms with E-state index in [-0.39, 0.29) is 23.2 Å². The number of carbonyl (C=O) groups is 1. The van der Waals surface area contributed by atoms with Crippen LogP contribution in [0.2, 0.25) is 0 Å². The number of hydrogen-bond acceptors (Lipinski definition) is 6. The lowest BCUT2D eigenvalue weighted by Gasteiger charge is -2.32. The summed E-state index contributed by atoms with van der Waals surface area (Å²) in [5.74, 6) is -0.577. The number of amides is 1. The molecule has 0 bridgehead atoms. The molecule has 0 heterocycles. The van der Waals surface area contributed by atoms with E-state index in [0.29, 0.717) is 18.4 Å². The first kappa shape index (κ1) is 22.6. The third kappa shape index (κ3) is 5.96. The molecule has 0 unspecified atom stereocenters. The molecule has 0 saturated heterocycles. The molecular formula is C21H24N4O5S. The second kappa shape index (κ2) is 10.3. The van der Waals surface area contributed by atoms with Gasteiger partial charge in [0.2, 0.25) is 10.0 Å². The predicted octanol–water partition coefficient (Wildman–Crippen LogP) is 3.07. The van der Waals surface area contributed by atoms with E-state index in [1.807, 2.05) is 0 Å². The van der Waals surface area contributed by atoms with Gasteiger partial charge >= 0.3 is 0 Å². The Hall–Kier alpha value is -3.11. The van der Waals surface area contributed by atoms with Gasteiger partial charge in [-0.05, 0) is 25.0 Å². The number of nitro groups is 1. The summed E-state index contributed by atoms with van der Waals surface area (Å²) in [6.07, 6.45) is 5.57. The number of benzene rings is 2. The molecule has 0 aliphatic heterocycles. The van der Waals surface area contributed by atoms with Crippen LogP contribution >= 0.6 is 0 Å². The number of nitrogens with one attached hydrogen (secondary N) is 1. The number of nitro benzene ring substituents is 1. The molecular weight excluding hydrogens is 420 g/mol. The van der Waals surface area contributed by atoms with Crippen LogP contribution in [0, 0.1) is 10.1 Å². The zero-order valence-corrected chi connectivity index (χ0v) is 17.7. The minimum Gasteiger partial charge on any atom is -0.272 e. The average molecular weight is 445 g/mol. The molecule has 2 aromatic carbocycles. The summed E-state index contributed by atoms with van der Waals surface area (Å²) in [6, 6.07) is 13.6. The summed E-state index contributed by atoms with van der Waals surface area (Å²) in [4.78, 5) is 23.0. The van der Waals surface area contributed by atoms with Crippen molar-refractivity contribution in [3.05, 3.63) is 70.3 Å². The quantitative estimate of drug-likeness (QED) is 0.381. The smallest absolute Gasteiger partial charge is 0.270 e. The van der Waals surface area contributed by atoms with Crippen molar-refractivity contribution >= 4 is 27.8 Å². The maximum absolute atomic E-state index is 13.2. The fourth-order valence-electron chi connectivity index (χ4n) is 3.58. The van der Waals surface area contributed by atoms with E-state index in [0.717, 1.165) is 19.3 Å². The summed E-state index contributed by atoms with van der Waals surface area (Å²) >= 11 is 0. The third-order valence-electron chi connectivity index (χ3n) is 5.12. The van der Waals surface area contributed by atoms with Gasteiger partial charge in [0.05, 0.1) is 22.6 Å². The lowest BCUT2D eigenvalue weighted by atomic mass is 9.95. The minimum atomic E-state index is -3.84. The van der Waals surface area contributed by atoms with Crippen LogP contribution in [-0.2, 0) is 14.8 Å². The second-order valence-corrected chi connectivity index (χ2v) is 9.19. The summed E-state index contributed by atoms with van der Waals surface area (Å²) in [5.41, 5.74) is 2.68. The van der Waals surface area contributed by atoms with Crippen molar-refractivity contribution in [3.8, 4) is 0 Å². The Morgan fingerprint density at radius 2 is 1.84 bits per heavy atom. The number of hydrogen-bond donors (Lipinski definition) is 1. The fraction of sp³-hybridized carbons (Fsp3) is 0.333. The molecule has 164 valence electrons. The van der Waals surface area contributed by atoms with Crippen molar-refractivity contribution < 1.29 is 18.1 Å². The molecule has 3 rings (SSSR count). The minimum absolute atomic E-state index is 0.0901. The van der Waals surface area contributed by atoms with Crippen molar-refractivity contribution in [2.24, 2.45) is 5.10 Å². The zero-order chi connectivity index (χ0) is 22.3. The van der Waals surface area contributed by atoms with Crippen LogP contribution in [0.4, 0.5) is 5.69 Å². The number of carbonyl (C=O) groups excluding carboxylic acids is 1. The van der Waals surface area contributed by atoms with E-state index in [2.05, 4.69) is 10.5 Å². The largest absolute Gasteiger partial charge is 0.272 e. The van der Waals surface area contributed by atoms with Crippen LogP contribution in [0.15, 0.2) is 64.6 Å². The molecule has 0 atom stereocenters. The summed E-state index contributed by atoms with van der Waals surface area (Å²) in [7, 11) is -3.84. The van der Waals surface area contributed by atoms with Gasteiger partial charge in [0.1, 0.15) is 0 Å². The Kier molecular flexibility index (Phi) is 7.48. The summed E-state index contributed by atoms with van der Waals surface area (Å²) in [5, 5.41) is 14.7. The van der Waals surface area contributed by atoms with Gasteiger partial charge in [0.25, 0.3) is 11.6 Å². The maximum Gasteiger partial charge on any atom is 0.270 e. The molecule has 9 nitrogen and oxygen atoms in total. The average Bonchev–Trinajstić information content (AvgIpc) is 2.79. The highest BCUT2D eigenvalue weighted by molar-refractivity contribution is 7.89. The number of non-ortho nitro benzene ring substituents is 1. The Morgan fingerprint density at radius 1 is 1.13 bits per heavy atom. The maximum atomic E-state index is 13.2. The predicted molar refractivity (Wildman–Crippen MR) is 116 cm³/mol. The van der Waals surface area contributed by atoms with Gasteiger partial charge in [0, 0.05) is 23.7 Å². The highest BCUT2D eigenvalue weighted by atomic mass is 32.2. The van der Waals surface area contributed by atoms with Gasteiger partial charge in [-0.25, -0.2) is 13.8 Å². The Bertz CT molecular complexity index is 1050. The monoisotopic (exact) mass is 444 g/mol. The topological polar surface area (TPSA) is 122 Å². The number of sulfonamides is 1. The summed E-state index contributed by atoms with van der Waals surface area (Å²) < 4.78 is 27.7. The molecule has 1 saturated carbocycles. The standard InChI is InChI=1S/C21H24N4O5S/c26-21(23-22-15-17-8-7-11-19(14-17)25(27)28)16-24(18-9-3-1-4-10-18)31(29,30)20-12-5-2-6-13-20/h2,5-8,11-15,18H,1,3-4,9-10,16H2,(H,23,26)/b22-15+. The van der Waals surface area contributed by atoms with Crippen LogP contribution in [0.25, 0.3) is 0 Å². The van der Waals surface area contributed by atoms with E-state index in [1.165, 1.54) is 40.9 Å². The van der Waals surface area contributed by atoms with Gasteiger partial charge < -0.3 is 0 Å². The van der Waals surface area contributed by atoms with Crippen LogP contribution in [0.3, 0.4) is 0 Å². The molecule has 10 heteroatoms. The van der Waals surface area contributed by atoms with Crippen molar-refractivity contribution in [1.82, 2.24) is 9.73 Å². The molecule has 0 aromatic heterocycles. The van der Waals surface area contributed by atoms with Gasteiger partial charge in [-0.15, -0.1) is 0 Å². The van der Waals surface area contributed by atoms with E-state index < -0.39 is 20.9 Å². The Balaban J connectivity index is 1.72.